The van der Waals surface area contributed by atoms with Gasteiger partial charge in [-0.3, -0.25) is 4.79 Å². The van der Waals surface area contributed by atoms with E-state index in [2.05, 4.69) is 0 Å². The van der Waals surface area contributed by atoms with Crippen molar-refractivity contribution in [2.45, 2.75) is 108 Å². The van der Waals surface area contributed by atoms with Crippen LogP contribution in [0.1, 0.15) is 43.0 Å². The van der Waals surface area contributed by atoms with Crippen LogP contribution >= 0.6 is 0 Å². The van der Waals surface area contributed by atoms with E-state index in [-0.39, 0.29) is 26.4 Å². The van der Waals surface area contributed by atoms with Crippen LogP contribution in [-0.4, -0.2) is 80.3 Å². The van der Waals surface area contributed by atoms with Crippen LogP contribution in [0, 0.1) is 0 Å². The highest BCUT2D eigenvalue weighted by molar-refractivity contribution is 5.66. The topological polar surface area (TPSA) is 109 Å². The average molecular weight is 755 g/mol. The molecule has 3 saturated heterocycles. The van der Waals surface area contributed by atoms with E-state index in [1.165, 1.54) is 6.92 Å². The first-order valence-corrected chi connectivity index (χ1v) is 18.8. The van der Waals surface area contributed by atoms with Gasteiger partial charge in [0.05, 0.1) is 39.6 Å². The zero-order chi connectivity index (χ0) is 38.0. The van der Waals surface area contributed by atoms with E-state index in [9.17, 15) is 4.79 Å². The highest BCUT2D eigenvalue weighted by Crippen LogP contribution is 2.41. The van der Waals surface area contributed by atoms with Crippen LogP contribution in [0.4, 0.5) is 0 Å². The fourth-order valence-electron chi connectivity index (χ4n) is 7.09. The van der Waals surface area contributed by atoms with E-state index >= 15 is 0 Å². The molecule has 0 bridgehead atoms. The fourth-order valence-corrected chi connectivity index (χ4v) is 7.09. The van der Waals surface area contributed by atoms with Gasteiger partial charge in [-0.2, -0.15) is 0 Å². The number of ether oxygens (including phenoxy) is 10. The summed E-state index contributed by atoms with van der Waals surface area (Å²) in [5, 5.41) is 0. The Balaban J connectivity index is 1.19. The Morgan fingerprint density at radius 1 is 0.564 bits per heavy atom. The van der Waals surface area contributed by atoms with Crippen LogP contribution in [0.15, 0.2) is 121 Å². The van der Waals surface area contributed by atoms with E-state index in [4.69, 9.17) is 47.4 Å². The first-order chi connectivity index (χ1) is 26.8. The van der Waals surface area contributed by atoms with Crippen molar-refractivity contribution < 1.29 is 52.2 Å². The van der Waals surface area contributed by atoms with Gasteiger partial charge in [-0.15, -0.1) is 0 Å². The monoisotopic (exact) mass is 754 g/mol. The summed E-state index contributed by atoms with van der Waals surface area (Å²) in [6.45, 7) is 6.47. The van der Waals surface area contributed by atoms with Gasteiger partial charge in [0.15, 0.2) is 24.5 Å². The Morgan fingerprint density at radius 3 is 1.51 bits per heavy atom. The molecule has 0 saturated carbocycles. The molecule has 4 aromatic rings. The van der Waals surface area contributed by atoms with Gasteiger partial charge in [-0.05, 0) is 36.1 Å². The van der Waals surface area contributed by atoms with Crippen molar-refractivity contribution >= 4 is 5.97 Å². The highest BCUT2D eigenvalue weighted by atomic mass is 16.9. The van der Waals surface area contributed by atoms with E-state index in [0.29, 0.717) is 13.2 Å². The third-order valence-corrected chi connectivity index (χ3v) is 9.63. The minimum Gasteiger partial charge on any atom is -0.457 e. The maximum absolute atomic E-state index is 12.7. The Labute approximate surface area is 322 Å². The molecule has 0 aliphatic carbocycles. The molecule has 11 heteroatoms. The lowest BCUT2D eigenvalue weighted by Gasteiger charge is -2.46. The first-order valence-electron chi connectivity index (χ1n) is 18.8. The van der Waals surface area contributed by atoms with Crippen LogP contribution in [0.25, 0.3) is 0 Å². The molecule has 3 aliphatic heterocycles. The minimum atomic E-state index is -1.04. The molecule has 4 aromatic carbocycles. The number of carbonyl (C=O) groups excluding carboxylic acids is 1. The zero-order valence-corrected chi connectivity index (χ0v) is 31.5. The van der Waals surface area contributed by atoms with Gasteiger partial charge in [0.2, 0.25) is 0 Å². The number of benzene rings is 4. The van der Waals surface area contributed by atoms with Gasteiger partial charge in [0, 0.05) is 6.92 Å². The Hall–Kier alpha value is -4.01. The Kier molecular flexibility index (Phi) is 13.4. The van der Waals surface area contributed by atoms with Crippen molar-refractivity contribution in [3.63, 3.8) is 0 Å². The molecular weight excluding hydrogens is 704 g/mol. The molecule has 11 nitrogen and oxygen atoms in total. The van der Waals surface area contributed by atoms with Crippen molar-refractivity contribution in [3.8, 4) is 0 Å². The number of fused-ring (bicyclic) bond motifs is 1. The molecule has 0 aromatic heterocycles. The molecule has 7 rings (SSSR count). The SMILES string of the molecule is CC(=O)O[C@H]1[C@H](OCc2ccccc2)[C@@H](OCc2ccccc2)[C@@H](O[C@H]2[C@H]3OC(C)(C)O[C@H]3O[C@@H]2COCc2ccccc2)O[C@@H]1COCc1ccccc1. The van der Waals surface area contributed by atoms with Crippen molar-refractivity contribution in [2.75, 3.05) is 13.2 Å². The third-order valence-electron chi connectivity index (χ3n) is 9.63. The van der Waals surface area contributed by atoms with E-state index < -0.39 is 67.1 Å². The van der Waals surface area contributed by atoms with Gasteiger partial charge in [0.1, 0.15) is 36.6 Å². The number of carbonyl (C=O) groups is 1. The summed E-state index contributed by atoms with van der Waals surface area (Å²) in [5.74, 6) is -1.39. The smallest absolute Gasteiger partial charge is 0.303 e. The van der Waals surface area contributed by atoms with E-state index in [0.717, 1.165) is 22.3 Å². The van der Waals surface area contributed by atoms with Gasteiger partial charge in [0.25, 0.3) is 0 Å². The second kappa shape index (κ2) is 18.8. The Bertz CT molecular complexity index is 1740. The molecule has 0 unspecified atom stereocenters. The van der Waals surface area contributed by atoms with E-state index in [1.807, 2.05) is 135 Å². The Morgan fingerprint density at radius 2 is 1.02 bits per heavy atom. The van der Waals surface area contributed by atoms with Crippen LogP contribution in [0.5, 0.6) is 0 Å². The van der Waals surface area contributed by atoms with Crippen LogP contribution < -0.4 is 0 Å². The van der Waals surface area contributed by atoms with Crippen LogP contribution in [-0.2, 0) is 78.6 Å². The summed E-state index contributed by atoms with van der Waals surface area (Å²) in [5.41, 5.74) is 3.90. The maximum atomic E-state index is 12.7. The van der Waals surface area contributed by atoms with Gasteiger partial charge >= 0.3 is 5.97 Å². The number of esters is 1. The largest absolute Gasteiger partial charge is 0.457 e. The average Bonchev–Trinajstić information content (AvgIpc) is 3.66. The summed E-state index contributed by atoms with van der Waals surface area (Å²) in [6.07, 6.45) is -7.00. The number of rotatable bonds is 17. The quantitative estimate of drug-likeness (QED) is 0.110. The second-order valence-electron chi connectivity index (χ2n) is 14.4. The lowest BCUT2D eigenvalue weighted by Crippen LogP contribution is -2.63. The van der Waals surface area contributed by atoms with E-state index in [1.54, 1.807) is 0 Å². The predicted molar refractivity (Wildman–Crippen MR) is 200 cm³/mol. The van der Waals surface area contributed by atoms with Crippen molar-refractivity contribution in [2.24, 2.45) is 0 Å². The van der Waals surface area contributed by atoms with Gasteiger partial charge in [-0.1, -0.05) is 121 Å². The molecule has 292 valence electrons. The van der Waals surface area contributed by atoms with Crippen molar-refractivity contribution in [3.05, 3.63) is 144 Å². The summed E-state index contributed by atoms with van der Waals surface area (Å²) in [4.78, 5) is 12.7. The minimum absolute atomic E-state index is 0.0762. The highest BCUT2D eigenvalue weighted by Gasteiger charge is 2.58. The fraction of sp³-hybridized carbons (Fsp3) is 0.432. The molecule has 0 radical (unpaired) electrons. The van der Waals surface area contributed by atoms with Crippen molar-refractivity contribution in [1.29, 1.82) is 0 Å². The van der Waals surface area contributed by atoms with Crippen LogP contribution in [0.3, 0.4) is 0 Å². The lowest BCUT2D eigenvalue weighted by molar-refractivity contribution is -0.340. The van der Waals surface area contributed by atoms with Gasteiger partial charge in [-0.25, -0.2) is 0 Å². The number of hydrogen-bond acceptors (Lipinski definition) is 11. The summed E-state index contributed by atoms with van der Waals surface area (Å²) in [6, 6.07) is 39.3. The predicted octanol–water partition coefficient (Wildman–Crippen LogP) is 6.51. The summed E-state index contributed by atoms with van der Waals surface area (Å²) >= 11 is 0. The molecule has 0 spiro atoms. The first kappa shape index (κ1) is 39.2. The molecule has 3 heterocycles. The maximum Gasteiger partial charge on any atom is 0.303 e. The van der Waals surface area contributed by atoms with Crippen LogP contribution in [0.2, 0.25) is 0 Å². The normalized spacial score (nSPS) is 28.5. The van der Waals surface area contributed by atoms with Crippen molar-refractivity contribution in [1.82, 2.24) is 0 Å². The molecule has 3 aliphatic rings. The molecule has 3 fully saturated rings. The summed E-state index contributed by atoms with van der Waals surface area (Å²) in [7, 11) is 0. The molecule has 9 atom stereocenters. The second-order valence-corrected chi connectivity index (χ2v) is 14.4. The summed E-state index contributed by atoms with van der Waals surface area (Å²) < 4.78 is 64.5. The third kappa shape index (κ3) is 10.6. The van der Waals surface area contributed by atoms with Gasteiger partial charge < -0.3 is 47.4 Å². The molecule has 0 amide bonds. The number of hydrogen-bond donors (Lipinski definition) is 0. The standard InChI is InChI=1S/C44H50O11/c1-30(45)50-37-35(28-46-24-31-16-8-4-9-17-31)51-42(40(49-27-34-22-14-7-15-23-34)39(37)48-26-33-20-12-6-13-21-33)53-38-36(29-47-25-32-18-10-5-11-19-32)52-43-41(38)54-44(2,3)55-43/h4-23,35-43H,24-29H2,1-3H3/t35-,36-,37-,38-,39+,40-,41-,42-,43-/m1/s1. The molecule has 55 heavy (non-hydrogen) atoms. The molecule has 0 N–H and O–H groups in total. The lowest BCUT2D eigenvalue weighted by atomic mass is 9.97. The zero-order valence-electron chi connectivity index (χ0n) is 31.5. The molecular formula is C44H50O11.